The number of nitrogens with zero attached hydrogens (tertiary/aromatic N) is 3. The Morgan fingerprint density at radius 2 is 2.16 bits per heavy atom. The first-order valence-electron chi connectivity index (χ1n) is 6.16. The van der Waals surface area contributed by atoms with E-state index < -0.39 is 12.8 Å². The molecule has 1 atom stereocenters. The number of aryl methyl sites for hydroxylation is 1. The number of aliphatic hydroxyl groups is 1. The Morgan fingerprint density at radius 3 is 2.84 bits per heavy atom. The lowest BCUT2D eigenvalue weighted by Gasteiger charge is -2.22. The van der Waals surface area contributed by atoms with E-state index in [2.05, 4.69) is 14.9 Å². The summed E-state index contributed by atoms with van der Waals surface area (Å²) >= 11 is 0. The van der Waals surface area contributed by atoms with Crippen molar-refractivity contribution in [2.24, 2.45) is 5.92 Å². The zero-order valence-electron chi connectivity index (χ0n) is 10.4. The molecule has 1 aliphatic heterocycles. The largest absolute Gasteiger partial charge is 0.411 e. The first-order chi connectivity index (χ1) is 8.99. The van der Waals surface area contributed by atoms with Crippen LogP contribution in [0.15, 0.2) is 0 Å². The fourth-order valence-corrected chi connectivity index (χ4v) is 2.14. The number of aromatic nitrogens is 3. The molecule has 108 valence electrons. The minimum Gasteiger partial charge on any atom is -0.396 e. The van der Waals surface area contributed by atoms with Gasteiger partial charge in [0.25, 0.3) is 0 Å². The van der Waals surface area contributed by atoms with E-state index in [4.69, 9.17) is 5.11 Å². The molecule has 1 N–H and O–H groups in total. The summed E-state index contributed by atoms with van der Waals surface area (Å²) in [6, 6.07) is 0. The molecule has 0 aliphatic carbocycles. The number of ether oxygens (including phenoxy) is 1. The lowest BCUT2D eigenvalue weighted by molar-refractivity contribution is -0.173. The van der Waals surface area contributed by atoms with E-state index in [1.54, 1.807) is 0 Å². The van der Waals surface area contributed by atoms with E-state index in [9.17, 15) is 13.2 Å². The van der Waals surface area contributed by atoms with Crippen LogP contribution in [-0.2, 0) is 24.1 Å². The monoisotopic (exact) mass is 279 g/mol. The van der Waals surface area contributed by atoms with Gasteiger partial charge in [-0.1, -0.05) is 0 Å². The van der Waals surface area contributed by atoms with E-state index >= 15 is 0 Å². The number of hydrogen-bond acceptors (Lipinski definition) is 4. The average Bonchev–Trinajstić information content (AvgIpc) is 2.76. The van der Waals surface area contributed by atoms with Gasteiger partial charge in [-0.3, -0.25) is 0 Å². The van der Waals surface area contributed by atoms with Crippen molar-refractivity contribution in [2.45, 2.75) is 32.0 Å². The van der Waals surface area contributed by atoms with Crippen LogP contribution >= 0.6 is 0 Å². The van der Waals surface area contributed by atoms with Gasteiger partial charge in [-0.25, -0.2) is 0 Å². The van der Waals surface area contributed by atoms with Gasteiger partial charge in [0.1, 0.15) is 18.3 Å². The molecule has 0 bridgehead atoms. The van der Waals surface area contributed by atoms with Gasteiger partial charge in [-0.05, 0) is 6.42 Å². The minimum atomic E-state index is -4.30. The summed E-state index contributed by atoms with van der Waals surface area (Å²) in [4.78, 5) is 0. The van der Waals surface area contributed by atoms with Gasteiger partial charge in [0.05, 0.1) is 6.61 Å². The van der Waals surface area contributed by atoms with Crippen LogP contribution in [0.4, 0.5) is 13.2 Å². The molecule has 2 rings (SSSR count). The highest BCUT2D eigenvalue weighted by Gasteiger charge is 2.27. The summed E-state index contributed by atoms with van der Waals surface area (Å²) in [5, 5.41) is 17.1. The number of halogens is 3. The Bertz CT molecular complexity index is 420. The third-order valence-electron chi connectivity index (χ3n) is 3.11. The highest BCUT2D eigenvalue weighted by Crippen LogP contribution is 2.20. The van der Waals surface area contributed by atoms with E-state index in [1.165, 1.54) is 0 Å². The zero-order chi connectivity index (χ0) is 13.9. The van der Waals surface area contributed by atoms with Crippen LogP contribution in [-0.4, -0.2) is 45.9 Å². The van der Waals surface area contributed by atoms with Crippen molar-refractivity contribution >= 4 is 0 Å². The van der Waals surface area contributed by atoms with Crippen LogP contribution in [0.25, 0.3) is 0 Å². The summed E-state index contributed by atoms with van der Waals surface area (Å²) in [7, 11) is 0. The molecular formula is C11H16F3N3O2. The maximum Gasteiger partial charge on any atom is 0.411 e. The van der Waals surface area contributed by atoms with E-state index in [0.29, 0.717) is 18.8 Å². The molecule has 8 heteroatoms. The van der Waals surface area contributed by atoms with Crippen molar-refractivity contribution in [1.29, 1.82) is 0 Å². The predicted octanol–water partition coefficient (Wildman–Crippen LogP) is 0.954. The summed E-state index contributed by atoms with van der Waals surface area (Å²) in [5.41, 5.74) is 0. The van der Waals surface area contributed by atoms with Crippen LogP contribution < -0.4 is 0 Å². The molecule has 0 aromatic carbocycles. The number of aliphatic hydroxyl groups excluding tert-OH is 1. The van der Waals surface area contributed by atoms with Crippen LogP contribution in [0.2, 0.25) is 0 Å². The Hall–Kier alpha value is -1.15. The van der Waals surface area contributed by atoms with Crippen molar-refractivity contribution in [2.75, 3.05) is 19.8 Å². The van der Waals surface area contributed by atoms with Crippen LogP contribution in [0.5, 0.6) is 0 Å². The minimum absolute atomic E-state index is 0.0402. The highest BCUT2D eigenvalue weighted by atomic mass is 19.4. The van der Waals surface area contributed by atoms with E-state index in [0.717, 1.165) is 18.7 Å². The summed E-state index contributed by atoms with van der Waals surface area (Å²) in [6.07, 6.45) is -2.41. The molecule has 1 aliphatic rings. The third-order valence-corrected chi connectivity index (χ3v) is 3.11. The Kier molecular flexibility index (Phi) is 4.41. The van der Waals surface area contributed by atoms with Crippen molar-refractivity contribution in [3.63, 3.8) is 0 Å². The highest BCUT2D eigenvalue weighted by molar-refractivity contribution is 5.00. The van der Waals surface area contributed by atoms with Crippen LogP contribution in [0, 0.1) is 5.92 Å². The number of alkyl halides is 3. The quantitative estimate of drug-likeness (QED) is 0.815. The molecule has 0 fully saturated rings. The van der Waals surface area contributed by atoms with Crippen molar-refractivity contribution < 1.29 is 23.0 Å². The molecule has 1 unspecified atom stereocenters. The molecule has 2 heterocycles. The second kappa shape index (κ2) is 5.87. The van der Waals surface area contributed by atoms with Gasteiger partial charge in [-0.15, -0.1) is 10.2 Å². The number of fused-ring (bicyclic) bond motifs is 1. The molecule has 0 radical (unpaired) electrons. The smallest absolute Gasteiger partial charge is 0.396 e. The van der Waals surface area contributed by atoms with Crippen LogP contribution in [0.3, 0.4) is 0 Å². The normalized spacial score (nSPS) is 19.5. The maximum atomic E-state index is 11.9. The van der Waals surface area contributed by atoms with E-state index in [-0.39, 0.29) is 19.1 Å². The molecule has 1 aromatic rings. The van der Waals surface area contributed by atoms with Gasteiger partial charge in [0.15, 0.2) is 0 Å². The number of rotatable bonds is 5. The molecule has 19 heavy (non-hydrogen) atoms. The Balaban J connectivity index is 1.87. The third kappa shape index (κ3) is 3.90. The standard InChI is InChI=1S/C11H16F3N3O2/c12-11(13,14)7-19-4-3-10-16-15-9-2-1-8(6-18)5-17(9)10/h8,18H,1-7H2. The Labute approximate surface area is 108 Å². The summed E-state index contributed by atoms with van der Waals surface area (Å²) in [6.45, 7) is -0.566. The molecule has 1 aromatic heterocycles. The lowest BCUT2D eigenvalue weighted by atomic mass is 10.0. The molecule has 0 saturated carbocycles. The molecule has 0 spiro atoms. The van der Waals surface area contributed by atoms with Gasteiger partial charge in [0, 0.05) is 31.9 Å². The molecule has 0 amide bonds. The van der Waals surface area contributed by atoms with Gasteiger partial charge < -0.3 is 14.4 Å². The summed E-state index contributed by atoms with van der Waals surface area (Å²) < 4.78 is 42.2. The predicted molar refractivity (Wildman–Crippen MR) is 59.5 cm³/mol. The van der Waals surface area contributed by atoms with Gasteiger partial charge >= 0.3 is 6.18 Å². The second-order valence-corrected chi connectivity index (χ2v) is 4.65. The van der Waals surface area contributed by atoms with Crippen LogP contribution in [0.1, 0.15) is 18.1 Å². The van der Waals surface area contributed by atoms with E-state index in [1.807, 2.05) is 4.57 Å². The molecule has 5 nitrogen and oxygen atoms in total. The molecule has 0 saturated heterocycles. The fourth-order valence-electron chi connectivity index (χ4n) is 2.14. The summed E-state index contributed by atoms with van der Waals surface area (Å²) in [5.74, 6) is 1.61. The second-order valence-electron chi connectivity index (χ2n) is 4.65. The SMILES string of the molecule is OCC1CCc2nnc(CCOCC(F)(F)F)n2C1. The topological polar surface area (TPSA) is 60.2 Å². The van der Waals surface area contributed by atoms with Crippen molar-refractivity contribution in [1.82, 2.24) is 14.8 Å². The van der Waals surface area contributed by atoms with Gasteiger partial charge in [0.2, 0.25) is 0 Å². The molecular weight excluding hydrogens is 263 g/mol. The maximum absolute atomic E-state index is 11.9. The number of hydrogen-bond donors (Lipinski definition) is 1. The average molecular weight is 279 g/mol. The zero-order valence-corrected chi connectivity index (χ0v) is 10.4. The Morgan fingerprint density at radius 1 is 1.37 bits per heavy atom. The van der Waals surface area contributed by atoms with Gasteiger partial charge in [-0.2, -0.15) is 13.2 Å². The lowest BCUT2D eigenvalue weighted by Crippen LogP contribution is -2.25. The van der Waals surface area contributed by atoms with Crippen molar-refractivity contribution in [3.8, 4) is 0 Å². The fraction of sp³-hybridized carbons (Fsp3) is 0.818. The van der Waals surface area contributed by atoms with Crippen molar-refractivity contribution in [3.05, 3.63) is 11.6 Å². The first-order valence-corrected chi connectivity index (χ1v) is 6.16. The first kappa shape index (κ1) is 14.3.